The Labute approximate surface area is 103 Å². The number of nitrogen functional groups attached to an aromatic ring is 1. The fourth-order valence-corrected chi connectivity index (χ4v) is 2.71. The average molecular weight is 246 g/mol. The monoisotopic (exact) mass is 246 g/mol. The number of benzene rings is 1. The normalized spacial score (nSPS) is 12.3. The zero-order valence-electron chi connectivity index (χ0n) is 9.59. The minimum atomic E-state index is -1.07. The summed E-state index contributed by atoms with van der Waals surface area (Å²) >= 11 is 0. The largest absolute Gasteiger partial charge is 0.399 e. The Morgan fingerprint density at radius 1 is 1.29 bits per heavy atom. The van der Waals surface area contributed by atoms with Crippen molar-refractivity contribution in [3.05, 3.63) is 53.9 Å². The lowest BCUT2D eigenvalue weighted by atomic mass is 10.2. The maximum atomic E-state index is 12.1. The van der Waals surface area contributed by atoms with Gasteiger partial charge in [0.05, 0.1) is 16.6 Å². The third-order valence-corrected chi connectivity index (χ3v) is 3.73. The summed E-state index contributed by atoms with van der Waals surface area (Å²) in [4.78, 5) is 4.85. The Morgan fingerprint density at radius 2 is 2.12 bits per heavy atom. The minimum absolute atomic E-state index is 0.470. The molecule has 0 saturated heterocycles. The number of nitrogens with two attached hydrogens (primary N) is 1. The molecule has 0 aliphatic carbocycles. The highest BCUT2D eigenvalue weighted by Crippen LogP contribution is 2.15. The van der Waals surface area contributed by atoms with Crippen LogP contribution in [-0.2, 0) is 16.6 Å². The van der Waals surface area contributed by atoms with Gasteiger partial charge in [0.2, 0.25) is 0 Å². The van der Waals surface area contributed by atoms with Gasteiger partial charge in [0.15, 0.2) is 0 Å². The molecule has 0 amide bonds. The molecule has 0 radical (unpaired) electrons. The Balaban J connectivity index is 2.17. The van der Waals surface area contributed by atoms with E-state index < -0.39 is 10.8 Å². The van der Waals surface area contributed by atoms with Gasteiger partial charge in [0.1, 0.15) is 0 Å². The number of aryl methyl sites for hydroxylation is 1. The van der Waals surface area contributed by atoms with E-state index in [1.165, 1.54) is 0 Å². The number of hydrogen-bond acceptors (Lipinski definition) is 3. The molecule has 2 rings (SSSR count). The second-order valence-electron chi connectivity index (χ2n) is 3.93. The average Bonchev–Trinajstić information content (AvgIpc) is 2.29. The smallest absolute Gasteiger partial charge is 0.0575 e. The minimum Gasteiger partial charge on any atom is -0.399 e. The molecular weight excluding hydrogens is 232 g/mol. The number of rotatable bonds is 3. The molecule has 17 heavy (non-hydrogen) atoms. The summed E-state index contributed by atoms with van der Waals surface area (Å²) in [5.41, 5.74) is 8.36. The van der Waals surface area contributed by atoms with Crippen LogP contribution in [0.2, 0.25) is 0 Å². The summed E-state index contributed by atoms with van der Waals surface area (Å²) in [6.07, 6.45) is 3.53. The first-order chi connectivity index (χ1) is 8.15. The quantitative estimate of drug-likeness (QED) is 0.845. The van der Waals surface area contributed by atoms with Gasteiger partial charge in [-0.15, -0.1) is 0 Å². The van der Waals surface area contributed by atoms with Crippen LogP contribution in [0, 0.1) is 6.92 Å². The van der Waals surface area contributed by atoms with Crippen molar-refractivity contribution in [2.75, 3.05) is 5.73 Å². The van der Waals surface area contributed by atoms with Crippen LogP contribution in [0.1, 0.15) is 11.1 Å². The molecule has 0 spiro atoms. The lowest BCUT2D eigenvalue weighted by molar-refractivity contribution is 0.682. The number of aromatic nitrogens is 1. The molecule has 1 unspecified atom stereocenters. The van der Waals surface area contributed by atoms with Crippen molar-refractivity contribution >= 4 is 16.5 Å². The highest BCUT2D eigenvalue weighted by molar-refractivity contribution is 7.84. The number of nitrogens with zero attached hydrogens (tertiary/aromatic N) is 1. The molecule has 0 saturated carbocycles. The van der Waals surface area contributed by atoms with Crippen LogP contribution in [0.25, 0.3) is 0 Å². The zero-order chi connectivity index (χ0) is 12.3. The van der Waals surface area contributed by atoms with Gasteiger partial charge >= 0.3 is 0 Å². The first kappa shape index (κ1) is 11.8. The van der Waals surface area contributed by atoms with Gasteiger partial charge in [0, 0.05) is 23.0 Å². The highest BCUT2D eigenvalue weighted by atomic mass is 32.2. The SMILES string of the molecule is Cc1cncc(CS(=O)c2cccc(N)c2)c1. The van der Waals surface area contributed by atoms with E-state index in [0.29, 0.717) is 11.4 Å². The second kappa shape index (κ2) is 5.10. The third-order valence-electron chi connectivity index (χ3n) is 2.35. The second-order valence-corrected chi connectivity index (χ2v) is 5.38. The Kier molecular flexibility index (Phi) is 3.54. The van der Waals surface area contributed by atoms with E-state index in [2.05, 4.69) is 4.98 Å². The number of hydrogen-bond donors (Lipinski definition) is 1. The molecule has 0 aliphatic heterocycles. The molecule has 2 N–H and O–H groups in total. The van der Waals surface area contributed by atoms with Gasteiger partial charge < -0.3 is 5.73 Å². The van der Waals surface area contributed by atoms with Gasteiger partial charge in [0.25, 0.3) is 0 Å². The number of anilines is 1. The molecule has 0 aliphatic rings. The molecule has 0 bridgehead atoms. The van der Waals surface area contributed by atoms with Crippen LogP contribution < -0.4 is 5.73 Å². The standard InChI is InChI=1S/C13H14N2OS/c1-10-5-11(8-15-7-10)9-17(16)13-4-2-3-12(14)6-13/h2-8H,9,14H2,1H3. The predicted octanol–water partition coefficient (Wildman–Crippen LogP) is 2.28. The summed E-state index contributed by atoms with van der Waals surface area (Å²) in [5.74, 6) is 0.470. The fraction of sp³-hybridized carbons (Fsp3) is 0.154. The van der Waals surface area contributed by atoms with Crippen molar-refractivity contribution in [1.82, 2.24) is 4.98 Å². The van der Waals surface area contributed by atoms with Crippen molar-refractivity contribution in [1.29, 1.82) is 0 Å². The van der Waals surface area contributed by atoms with Gasteiger partial charge in [-0.25, -0.2) is 0 Å². The van der Waals surface area contributed by atoms with Gasteiger partial charge in [-0.05, 0) is 36.2 Å². The lowest BCUT2D eigenvalue weighted by Crippen LogP contribution is -1.98. The van der Waals surface area contributed by atoms with Crippen LogP contribution in [0.4, 0.5) is 5.69 Å². The molecule has 0 fully saturated rings. The molecule has 1 heterocycles. The summed E-state index contributed by atoms with van der Waals surface area (Å²) in [6.45, 7) is 1.97. The lowest BCUT2D eigenvalue weighted by Gasteiger charge is -2.04. The topological polar surface area (TPSA) is 56.0 Å². The zero-order valence-corrected chi connectivity index (χ0v) is 10.4. The molecular formula is C13H14N2OS. The van der Waals surface area contributed by atoms with E-state index >= 15 is 0 Å². The van der Waals surface area contributed by atoms with E-state index in [-0.39, 0.29) is 0 Å². The summed E-state index contributed by atoms with van der Waals surface area (Å²) in [6, 6.07) is 9.18. The maximum absolute atomic E-state index is 12.1. The van der Waals surface area contributed by atoms with Crippen LogP contribution >= 0.6 is 0 Å². The van der Waals surface area contributed by atoms with Gasteiger partial charge in [-0.2, -0.15) is 0 Å². The van der Waals surface area contributed by atoms with Crippen LogP contribution in [0.3, 0.4) is 0 Å². The van der Waals surface area contributed by atoms with Crippen molar-refractivity contribution in [3.63, 3.8) is 0 Å². The predicted molar refractivity (Wildman–Crippen MR) is 69.9 cm³/mol. The first-order valence-corrected chi connectivity index (χ1v) is 6.61. The van der Waals surface area contributed by atoms with E-state index in [1.54, 1.807) is 24.5 Å². The first-order valence-electron chi connectivity index (χ1n) is 5.29. The summed E-state index contributed by atoms with van der Waals surface area (Å²) in [7, 11) is -1.07. The molecule has 4 heteroatoms. The molecule has 1 aromatic carbocycles. The van der Waals surface area contributed by atoms with E-state index in [4.69, 9.17) is 5.73 Å². The van der Waals surface area contributed by atoms with Crippen molar-refractivity contribution in [3.8, 4) is 0 Å². The maximum Gasteiger partial charge on any atom is 0.0575 e. The fourth-order valence-electron chi connectivity index (χ4n) is 1.59. The van der Waals surface area contributed by atoms with Gasteiger partial charge in [-0.3, -0.25) is 9.19 Å². The summed E-state index contributed by atoms with van der Waals surface area (Å²) < 4.78 is 12.1. The van der Waals surface area contributed by atoms with E-state index in [1.807, 2.05) is 25.1 Å². The number of pyridine rings is 1. The Morgan fingerprint density at radius 3 is 2.82 bits per heavy atom. The molecule has 2 aromatic rings. The molecule has 88 valence electrons. The van der Waals surface area contributed by atoms with Crippen LogP contribution in [0.15, 0.2) is 47.6 Å². The Bertz CT molecular complexity index is 555. The molecule has 1 atom stereocenters. The van der Waals surface area contributed by atoms with E-state index in [0.717, 1.165) is 16.0 Å². The van der Waals surface area contributed by atoms with Crippen LogP contribution in [-0.4, -0.2) is 9.19 Å². The van der Waals surface area contributed by atoms with Crippen molar-refractivity contribution in [2.24, 2.45) is 0 Å². The van der Waals surface area contributed by atoms with Gasteiger partial charge in [-0.1, -0.05) is 12.1 Å². The Hall–Kier alpha value is -1.68. The molecule has 3 nitrogen and oxygen atoms in total. The van der Waals surface area contributed by atoms with Crippen LogP contribution in [0.5, 0.6) is 0 Å². The third kappa shape index (κ3) is 3.14. The summed E-state index contributed by atoms with van der Waals surface area (Å²) in [5, 5.41) is 0. The van der Waals surface area contributed by atoms with Crippen molar-refractivity contribution < 1.29 is 4.21 Å². The van der Waals surface area contributed by atoms with E-state index in [9.17, 15) is 4.21 Å². The molecule has 1 aromatic heterocycles. The van der Waals surface area contributed by atoms with Crippen molar-refractivity contribution in [2.45, 2.75) is 17.6 Å². The highest BCUT2D eigenvalue weighted by Gasteiger charge is 2.05.